The lowest BCUT2D eigenvalue weighted by Crippen LogP contribution is -2.18. The lowest BCUT2D eigenvalue weighted by Gasteiger charge is -2.11. The minimum Gasteiger partial charge on any atom is -0.311 e. The molecule has 0 bridgehead atoms. The van der Waals surface area contributed by atoms with E-state index in [0.29, 0.717) is 6.42 Å². The molecular weight excluding hydrogens is 306 g/mol. The first-order valence-electron chi connectivity index (χ1n) is 6.43. The van der Waals surface area contributed by atoms with Gasteiger partial charge in [0.25, 0.3) is 0 Å². The minimum atomic E-state index is -0.347. The smallest absolute Gasteiger partial charge is 0.311 e. The van der Waals surface area contributed by atoms with Crippen molar-refractivity contribution >= 4 is 37.9 Å². The number of fused-ring (bicyclic) bond motifs is 1. The summed E-state index contributed by atoms with van der Waals surface area (Å²) in [6.45, 7) is 0. The Labute approximate surface area is 129 Å². The van der Waals surface area contributed by atoms with Gasteiger partial charge in [0.2, 0.25) is 0 Å². The fraction of sp³-hybridized carbons (Fsp3) is 0.214. The Kier molecular flexibility index (Phi) is 3.96. The first-order chi connectivity index (χ1) is 10.2. The zero-order valence-electron chi connectivity index (χ0n) is 11.3. The van der Waals surface area contributed by atoms with Gasteiger partial charge in [0.05, 0.1) is 21.2 Å². The van der Waals surface area contributed by atoms with Crippen LogP contribution in [0.2, 0.25) is 0 Å². The maximum absolute atomic E-state index is 10.7. The van der Waals surface area contributed by atoms with Crippen molar-refractivity contribution in [3.05, 3.63) is 56.4 Å². The van der Waals surface area contributed by atoms with Gasteiger partial charge >= 0.3 is 5.00 Å². The van der Waals surface area contributed by atoms with E-state index in [1.807, 2.05) is 31.3 Å². The maximum atomic E-state index is 10.7. The highest BCUT2D eigenvalue weighted by molar-refractivity contribution is 7.18. The third-order valence-electron chi connectivity index (χ3n) is 3.19. The number of nitrogens with one attached hydrogen (secondary N) is 1. The normalized spacial score (nSPS) is 12.6. The Hall–Kier alpha value is -1.83. The highest BCUT2D eigenvalue weighted by Crippen LogP contribution is 2.31. The molecule has 1 aromatic carbocycles. The molecule has 0 amide bonds. The van der Waals surface area contributed by atoms with Gasteiger partial charge in [-0.2, -0.15) is 0 Å². The summed E-state index contributed by atoms with van der Waals surface area (Å²) in [5.74, 6) is 0. The number of rotatable bonds is 5. The highest BCUT2D eigenvalue weighted by atomic mass is 32.1. The van der Waals surface area contributed by atoms with Crippen molar-refractivity contribution in [2.75, 3.05) is 7.05 Å². The van der Waals surface area contributed by atoms with Crippen molar-refractivity contribution in [2.45, 2.75) is 12.5 Å². The molecule has 1 unspecified atom stereocenters. The number of nitro groups is 1. The van der Waals surface area contributed by atoms with E-state index in [0.717, 1.165) is 20.1 Å². The van der Waals surface area contributed by atoms with E-state index in [9.17, 15) is 10.1 Å². The summed E-state index contributed by atoms with van der Waals surface area (Å²) in [6, 6.07) is 11.5. The number of benzene rings is 1. The van der Waals surface area contributed by atoms with Crippen molar-refractivity contribution in [2.24, 2.45) is 0 Å². The fourth-order valence-electron chi connectivity index (χ4n) is 2.13. The van der Waals surface area contributed by atoms with Gasteiger partial charge in [-0.15, -0.1) is 11.3 Å². The molecular formula is C14H13N3O2S2. The van der Waals surface area contributed by atoms with Gasteiger partial charge in [0.15, 0.2) is 0 Å². The Morgan fingerprint density at radius 3 is 2.76 bits per heavy atom. The first kappa shape index (κ1) is 14.1. The van der Waals surface area contributed by atoms with Crippen molar-refractivity contribution in [3.63, 3.8) is 0 Å². The van der Waals surface area contributed by atoms with Crippen molar-refractivity contribution < 1.29 is 4.92 Å². The highest BCUT2D eigenvalue weighted by Gasteiger charge is 2.18. The van der Waals surface area contributed by atoms with Gasteiger partial charge in [-0.1, -0.05) is 23.5 Å². The van der Waals surface area contributed by atoms with Crippen molar-refractivity contribution in [1.29, 1.82) is 0 Å². The standard InChI is InChI=1S/C14H13N3O2S2/c1-15-11(8-9-6-7-13(20-9)17(18)19)14-16-10-4-2-3-5-12(10)21-14/h2-7,11,15H,8H2,1H3. The number of thiazole rings is 1. The minimum absolute atomic E-state index is 0.0701. The largest absolute Gasteiger partial charge is 0.324 e. The van der Waals surface area contributed by atoms with Gasteiger partial charge in [-0.05, 0) is 25.2 Å². The Balaban J connectivity index is 1.85. The molecule has 0 aliphatic heterocycles. The third-order valence-corrected chi connectivity index (χ3v) is 5.40. The van der Waals surface area contributed by atoms with Crippen LogP contribution in [0.4, 0.5) is 5.00 Å². The Morgan fingerprint density at radius 2 is 2.10 bits per heavy atom. The average Bonchev–Trinajstić information content (AvgIpc) is 3.11. The second kappa shape index (κ2) is 5.88. The molecule has 108 valence electrons. The lowest BCUT2D eigenvalue weighted by atomic mass is 10.2. The molecule has 0 spiro atoms. The number of hydrogen-bond donors (Lipinski definition) is 1. The molecule has 2 heterocycles. The zero-order chi connectivity index (χ0) is 14.8. The van der Waals surface area contributed by atoms with Crippen molar-refractivity contribution in [3.8, 4) is 0 Å². The summed E-state index contributed by atoms with van der Waals surface area (Å²) in [4.78, 5) is 16.0. The zero-order valence-corrected chi connectivity index (χ0v) is 12.9. The molecule has 5 nitrogen and oxygen atoms in total. The third kappa shape index (κ3) is 2.94. The second-order valence-corrected chi connectivity index (χ2v) is 6.77. The number of nitrogens with zero attached hydrogens (tertiary/aromatic N) is 2. The summed E-state index contributed by atoms with van der Waals surface area (Å²) in [6.07, 6.45) is 0.703. The summed E-state index contributed by atoms with van der Waals surface area (Å²) in [5.41, 5.74) is 0.995. The van der Waals surface area contributed by atoms with Crippen LogP contribution in [0.3, 0.4) is 0 Å². The number of aromatic nitrogens is 1. The Morgan fingerprint density at radius 1 is 1.29 bits per heavy atom. The monoisotopic (exact) mass is 319 g/mol. The first-order valence-corrected chi connectivity index (χ1v) is 8.06. The van der Waals surface area contributed by atoms with Crippen molar-refractivity contribution in [1.82, 2.24) is 10.3 Å². The van der Waals surface area contributed by atoms with Gasteiger partial charge in [-0.25, -0.2) is 4.98 Å². The summed E-state index contributed by atoms with van der Waals surface area (Å²) in [5, 5.41) is 15.2. The number of thiophene rings is 1. The number of para-hydroxylation sites is 1. The molecule has 21 heavy (non-hydrogen) atoms. The second-order valence-electron chi connectivity index (χ2n) is 4.56. The Bertz CT molecular complexity index is 748. The van der Waals surface area contributed by atoms with E-state index >= 15 is 0 Å². The van der Waals surface area contributed by atoms with Crippen LogP contribution in [-0.2, 0) is 6.42 Å². The van der Waals surface area contributed by atoms with Crippen LogP contribution in [0.15, 0.2) is 36.4 Å². The van der Waals surface area contributed by atoms with E-state index in [-0.39, 0.29) is 16.0 Å². The summed E-state index contributed by atoms with van der Waals surface area (Å²) < 4.78 is 1.16. The molecule has 0 saturated carbocycles. The van der Waals surface area contributed by atoms with Gasteiger partial charge in [-0.3, -0.25) is 10.1 Å². The summed E-state index contributed by atoms with van der Waals surface area (Å²) in [7, 11) is 1.89. The predicted molar refractivity (Wildman–Crippen MR) is 86.1 cm³/mol. The molecule has 2 aromatic heterocycles. The van der Waals surface area contributed by atoms with Gasteiger partial charge < -0.3 is 5.32 Å². The molecule has 1 atom stereocenters. The summed E-state index contributed by atoms with van der Waals surface area (Å²) >= 11 is 2.88. The molecule has 3 aromatic rings. The molecule has 7 heteroatoms. The molecule has 0 aliphatic rings. The van der Waals surface area contributed by atoms with E-state index in [1.165, 1.54) is 11.3 Å². The van der Waals surface area contributed by atoms with Crippen LogP contribution in [0.25, 0.3) is 10.2 Å². The molecule has 0 radical (unpaired) electrons. The van der Waals surface area contributed by atoms with Gasteiger partial charge in [0.1, 0.15) is 5.01 Å². The van der Waals surface area contributed by atoms with Crippen LogP contribution in [0, 0.1) is 10.1 Å². The molecule has 3 rings (SSSR count). The molecule has 0 aliphatic carbocycles. The SMILES string of the molecule is CNC(Cc1ccc([N+](=O)[O-])s1)c1nc2ccccc2s1. The van der Waals surface area contributed by atoms with Gasteiger partial charge in [0, 0.05) is 17.4 Å². The van der Waals surface area contributed by atoms with E-state index in [4.69, 9.17) is 0 Å². The molecule has 0 saturated heterocycles. The number of hydrogen-bond acceptors (Lipinski definition) is 6. The topological polar surface area (TPSA) is 68.1 Å². The molecule has 1 N–H and O–H groups in total. The van der Waals surface area contributed by atoms with Crippen LogP contribution < -0.4 is 5.32 Å². The van der Waals surface area contributed by atoms with Crippen LogP contribution in [-0.4, -0.2) is 17.0 Å². The lowest BCUT2D eigenvalue weighted by molar-refractivity contribution is -0.380. The fourth-order valence-corrected chi connectivity index (χ4v) is 4.07. The van der Waals surface area contributed by atoms with Crippen LogP contribution in [0.5, 0.6) is 0 Å². The van der Waals surface area contributed by atoms with E-state index < -0.39 is 0 Å². The van der Waals surface area contributed by atoms with E-state index in [1.54, 1.807) is 17.4 Å². The molecule has 0 fully saturated rings. The van der Waals surface area contributed by atoms with Crippen LogP contribution in [0.1, 0.15) is 15.9 Å². The average molecular weight is 319 g/mol. The quantitative estimate of drug-likeness (QED) is 0.574. The van der Waals surface area contributed by atoms with Crippen LogP contribution >= 0.6 is 22.7 Å². The van der Waals surface area contributed by atoms with E-state index in [2.05, 4.69) is 16.4 Å². The maximum Gasteiger partial charge on any atom is 0.324 e. The predicted octanol–water partition coefficient (Wildman–Crippen LogP) is 3.77. The number of likely N-dealkylation sites (N-methyl/N-ethyl adjacent to an activating group) is 1.